The molecule has 1 fully saturated rings. The Morgan fingerprint density at radius 1 is 0.775 bits per heavy atom. The third-order valence-corrected chi connectivity index (χ3v) is 5.81. The number of hydrogen-bond acceptors (Lipinski definition) is 11. The van der Waals surface area contributed by atoms with Crippen LogP contribution in [0.3, 0.4) is 0 Å². The number of esters is 4. The molecule has 1 heterocycles. The predicted octanol–water partition coefficient (Wildman–Crippen LogP) is 3.04. The molecule has 11 nitrogen and oxygen atoms in total. The summed E-state index contributed by atoms with van der Waals surface area (Å²) < 4.78 is 40.0. The van der Waals surface area contributed by atoms with Crippen molar-refractivity contribution in [2.24, 2.45) is 0 Å². The summed E-state index contributed by atoms with van der Waals surface area (Å²) in [4.78, 5) is 49.0. The Labute approximate surface area is 232 Å². The maximum absolute atomic E-state index is 13.0. The fourth-order valence-corrected chi connectivity index (χ4v) is 4.18. The molecule has 0 unspecified atom stereocenters. The van der Waals surface area contributed by atoms with Gasteiger partial charge in [-0.1, -0.05) is 60.7 Å². The van der Waals surface area contributed by atoms with E-state index in [0.29, 0.717) is 5.56 Å². The molecule has 0 amide bonds. The molecule has 0 saturated carbocycles. The molecule has 0 bridgehead atoms. The first-order valence-electron chi connectivity index (χ1n) is 12.8. The quantitative estimate of drug-likeness (QED) is 0.281. The highest BCUT2D eigenvalue weighted by Gasteiger charge is 2.53. The van der Waals surface area contributed by atoms with Crippen molar-refractivity contribution in [2.45, 2.75) is 71.1 Å². The van der Waals surface area contributed by atoms with E-state index in [1.54, 1.807) is 37.3 Å². The Balaban J connectivity index is 2.04. The Morgan fingerprint density at radius 3 is 1.98 bits per heavy atom. The molecule has 1 saturated heterocycles. The highest BCUT2D eigenvalue weighted by Crippen LogP contribution is 2.34. The van der Waals surface area contributed by atoms with Crippen LogP contribution in [0.25, 0.3) is 0 Å². The van der Waals surface area contributed by atoms with E-state index in [4.69, 9.17) is 33.2 Å². The summed E-state index contributed by atoms with van der Waals surface area (Å²) in [5, 5.41) is 0. The van der Waals surface area contributed by atoms with Crippen molar-refractivity contribution in [3.63, 3.8) is 0 Å². The van der Waals surface area contributed by atoms with Gasteiger partial charge < -0.3 is 33.2 Å². The van der Waals surface area contributed by atoms with Crippen LogP contribution in [0, 0.1) is 0 Å². The van der Waals surface area contributed by atoms with Crippen molar-refractivity contribution in [1.29, 1.82) is 0 Å². The van der Waals surface area contributed by atoms with E-state index in [1.165, 1.54) is 20.8 Å². The molecule has 40 heavy (non-hydrogen) atoms. The summed E-state index contributed by atoms with van der Waals surface area (Å²) >= 11 is 0. The van der Waals surface area contributed by atoms with E-state index in [9.17, 15) is 19.2 Å². The van der Waals surface area contributed by atoms with Gasteiger partial charge in [-0.25, -0.2) is 4.79 Å². The summed E-state index contributed by atoms with van der Waals surface area (Å²) in [6.07, 6.45) is -7.42. The topological polar surface area (TPSA) is 133 Å². The van der Waals surface area contributed by atoms with Crippen LogP contribution >= 0.6 is 0 Å². The van der Waals surface area contributed by atoms with Crippen molar-refractivity contribution in [3.8, 4) is 0 Å². The second-order valence-electron chi connectivity index (χ2n) is 8.93. The minimum atomic E-state index is -1.46. The van der Waals surface area contributed by atoms with Crippen molar-refractivity contribution >= 4 is 23.9 Å². The normalized spacial score (nSPS) is 22.9. The molecule has 0 spiro atoms. The van der Waals surface area contributed by atoms with E-state index in [2.05, 4.69) is 0 Å². The van der Waals surface area contributed by atoms with E-state index in [1.807, 2.05) is 30.3 Å². The fourth-order valence-electron chi connectivity index (χ4n) is 4.18. The van der Waals surface area contributed by atoms with Crippen LogP contribution in [0.15, 0.2) is 60.7 Å². The van der Waals surface area contributed by atoms with Crippen LogP contribution in [-0.2, 0) is 58.9 Å². The van der Waals surface area contributed by atoms with Gasteiger partial charge in [0, 0.05) is 20.8 Å². The van der Waals surface area contributed by atoms with Gasteiger partial charge in [0.15, 0.2) is 18.3 Å². The first-order chi connectivity index (χ1) is 19.2. The summed E-state index contributed by atoms with van der Waals surface area (Å²) in [5.74, 6) is -2.69. The maximum atomic E-state index is 13.0. The second kappa shape index (κ2) is 15.1. The lowest BCUT2D eigenvalue weighted by molar-refractivity contribution is -0.316. The van der Waals surface area contributed by atoms with Crippen molar-refractivity contribution < 1.29 is 52.3 Å². The molecule has 0 aliphatic carbocycles. The van der Waals surface area contributed by atoms with E-state index in [-0.39, 0.29) is 19.8 Å². The summed E-state index contributed by atoms with van der Waals surface area (Å²) in [5.41, 5.74) is 1.26. The average Bonchev–Trinajstić information content (AvgIpc) is 2.91. The van der Waals surface area contributed by atoms with Gasteiger partial charge in [-0.3, -0.25) is 14.4 Å². The number of carbonyl (C=O) groups is 4. The van der Waals surface area contributed by atoms with Gasteiger partial charge in [-0.2, -0.15) is 0 Å². The third kappa shape index (κ3) is 8.87. The minimum Gasteiger partial charge on any atom is -0.464 e. The SMILES string of the molecule is CCOC(=O)[C@@H](O[C@H]1[C@H](OC(C)=O)O[C@H](COC(C)=O)[C@@H](OCc2ccccc2)[C@@H]1OC(C)=O)c1ccccc1. The molecule has 0 radical (unpaired) electrons. The standard InChI is InChI=1S/C29H34O11/c1-5-34-28(33)24(22-14-10-7-11-15-22)40-27-26(37-19(3)31)25(36-16-21-12-8-6-9-13-21)23(17-35-18(2)30)39-29(27)38-20(4)32/h6-15,23-27,29H,5,16-17H2,1-4H3/t23-,24+,25-,26+,27-,29-/m1/s1. The van der Waals surface area contributed by atoms with Crippen LogP contribution in [-0.4, -0.2) is 67.8 Å². The number of benzene rings is 2. The molecule has 6 atom stereocenters. The van der Waals surface area contributed by atoms with Gasteiger partial charge in [0.05, 0.1) is 13.2 Å². The lowest BCUT2D eigenvalue weighted by atomic mass is 9.97. The van der Waals surface area contributed by atoms with Crippen molar-refractivity contribution in [2.75, 3.05) is 13.2 Å². The minimum absolute atomic E-state index is 0.0775. The molecule has 11 heteroatoms. The Morgan fingerprint density at radius 2 is 1.40 bits per heavy atom. The largest absolute Gasteiger partial charge is 0.464 e. The molecule has 0 aromatic heterocycles. The van der Waals surface area contributed by atoms with Crippen molar-refractivity contribution in [3.05, 3.63) is 71.8 Å². The average molecular weight is 559 g/mol. The predicted molar refractivity (Wildman–Crippen MR) is 138 cm³/mol. The van der Waals surface area contributed by atoms with Gasteiger partial charge in [0.2, 0.25) is 6.29 Å². The van der Waals surface area contributed by atoms with E-state index < -0.39 is 60.7 Å². The molecule has 2 aromatic rings. The molecular formula is C29H34O11. The monoisotopic (exact) mass is 558 g/mol. The molecule has 1 aliphatic heterocycles. The summed E-state index contributed by atoms with van der Waals surface area (Å²) in [6, 6.07) is 17.7. The second-order valence-corrected chi connectivity index (χ2v) is 8.93. The zero-order valence-electron chi connectivity index (χ0n) is 22.8. The number of carbonyl (C=O) groups excluding carboxylic acids is 4. The molecule has 1 aliphatic rings. The lowest BCUT2D eigenvalue weighted by Crippen LogP contribution is -2.62. The van der Waals surface area contributed by atoms with Gasteiger partial charge in [0.1, 0.15) is 18.8 Å². The summed E-state index contributed by atoms with van der Waals surface area (Å²) in [6.45, 7) is 5.11. The van der Waals surface area contributed by atoms with E-state index >= 15 is 0 Å². The smallest absolute Gasteiger partial charge is 0.339 e. The fraction of sp³-hybridized carbons (Fsp3) is 0.448. The van der Waals surface area contributed by atoms with Crippen LogP contribution in [0.5, 0.6) is 0 Å². The van der Waals surface area contributed by atoms with Gasteiger partial charge in [-0.05, 0) is 18.1 Å². The molecular weight excluding hydrogens is 524 g/mol. The van der Waals surface area contributed by atoms with Crippen molar-refractivity contribution in [1.82, 2.24) is 0 Å². The number of hydrogen-bond donors (Lipinski definition) is 0. The van der Waals surface area contributed by atoms with Crippen LogP contribution in [0.1, 0.15) is 44.9 Å². The first-order valence-corrected chi connectivity index (χ1v) is 12.8. The van der Waals surface area contributed by atoms with Gasteiger partial charge in [0.25, 0.3) is 0 Å². The highest BCUT2D eigenvalue weighted by atomic mass is 16.7. The third-order valence-electron chi connectivity index (χ3n) is 5.81. The molecule has 216 valence electrons. The molecule has 3 rings (SSSR count). The first kappa shape index (κ1) is 30.7. The van der Waals surface area contributed by atoms with Crippen LogP contribution in [0.2, 0.25) is 0 Å². The molecule has 2 aromatic carbocycles. The highest BCUT2D eigenvalue weighted by molar-refractivity contribution is 5.76. The zero-order chi connectivity index (χ0) is 29.1. The van der Waals surface area contributed by atoms with E-state index in [0.717, 1.165) is 5.56 Å². The van der Waals surface area contributed by atoms with Crippen LogP contribution < -0.4 is 0 Å². The number of ether oxygens (including phenoxy) is 7. The van der Waals surface area contributed by atoms with Gasteiger partial charge >= 0.3 is 23.9 Å². The lowest BCUT2D eigenvalue weighted by Gasteiger charge is -2.45. The van der Waals surface area contributed by atoms with Crippen LogP contribution in [0.4, 0.5) is 0 Å². The zero-order valence-corrected chi connectivity index (χ0v) is 22.8. The Bertz CT molecular complexity index is 1120. The molecule has 0 N–H and O–H groups in total. The van der Waals surface area contributed by atoms with Gasteiger partial charge in [-0.15, -0.1) is 0 Å². The maximum Gasteiger partial charge on any atom is 0.339 e. The Hall–Kier alpha value is -3.80. The number of rotatable bonds is 12. The summed E-state index contributed by atoms with van der Waals surface area (Å²) in [7, 11) is 0. The Kier molecular flexibility index (Phi) is 11.6.